The molecule has 0 heterocycles. The zero-order chi connectivity index (χ0) is 11.5. The van der Waals surface area contributed by atoms with Crippen LogP contribution in [0.2, 0.25) is 0 Å². The molecule has 0 amide bonds. The van der Waals surface area contributed by atoms with Crippen molar-refractivity contribution in [1.82, 2.24) is 4.90 Å². The van der Waals surface area contributed by atoms with Gasteiger partial charge in [0.25, 0.3) is 0 Å². The monoisotopic (exact) mass is 215 g/mol. The number of unbranched alkanes of at least 4 members (excludes halogenated alkanes) is 4. The van der Waals surface area contributed by atoms with Crippen molar-refractivity contribution in [1.29, 1.82) is 0 Å². The molecule has 3 nitrogen and oxygen atoms in total. The van der Waals surface area contributed by atoms with Gasteiger partial charge in [-0.05, 0) is 19.5 Å². The van der Waals surface area contributed by atoms with E-state index in [-0.39, 0.29) is 6.42 Å². The van der Waals surface area contributed by atoms with E-state index in [0.29, 0.717) is 6.54 Å². The molecule has 0 spiro atoms. The molecular weight excluding hydrogens is 190 g/mol. The maximum atomic E-state index is 10.4. The molecule has 0 rings (SSSR count). The van der Waals surface area contributed by atoms with E-state index in [1.807, 2.05) is 0 Å². The van der Waals surface area contributed by atoms with Crippen molar-refractivity contribution in [3.8, 4) is 0 Å². The first kappa shape index (κ1) is 14.4. The maximum absolute atomic E-state index is 10.4. The Kier molecular flexibility index (Phi) is 9.59. The van der Waals surface area contributed by atoms with Gasteiger partial charge in [-0.25, -0.2) is 0 Å². The van der Waals surface area contributed by atoms with Crippen molar-refractivity contribution in [2.45, 2.75) is 52.4 Å². The minimum Gasteiger partial charge on any atom is -0.481 e. The van der Waals surface area contributed by atoms with E-state index in [1.54, 1.807) is 0 Å². The fourth-order valence-electron chi connectivity index (χ4n) is 1.62. The predicted molar refractivity (Wildman–Crippen MR) is 63.1 cm³/mol. The number of carboxylic acids is 1. The molecule has 15 heavy (non-hydrogen) atoms. The van der Waals surface area contributed by atoms with Crippen LogP contribution in [-0.4, -0.2) is 35.6 Å². The molecule has 0 unspecified atom stereocenters. The van der Waals surface area contributed by atoms with Crippen molar-refractivity contribution in [3.05, 3.63) is 0 Å². The van der Waals surface area contributed by atoms with Crippen molar-refractivity contribution < 1.29 is 9.90 Å². The van der Waals surface area contributed by atoms with E-state index in [2.05, 4.69) is 18.7 Å². The van der Waals surface area contributed by atoms with Crippen LogP contribution in [0.1, 0.15) is 52.4 Å². The molecule has 3 heteroatoms. The Morgan fingerprint density at radius 1 is 1.07 bits per heavy atom. The second-order valence-corrected chi connectivity index (χ2v) is 3.99. The van der Waals surface area contributed by atoms with Crippen molar-refractivity contribution in [3.63, 3.8) is 0 Å². The summed E-state index contributed by atoms with van der Waals surface area (Å²) in [5.74, 6) is -0.695. The molecular formula is C12H25NO2. The van der Waals surface area contributed by atoms with E-state index >= 15 is 0 Å². The largest absolute Gasteiger partial charge is 0.481 e. The molecule has 0 aromatic heterocycles. The lowest BCUT2D eigenvalue weighted by molar-refractivity contribution is -0.137. The van der Waals surface area contributed by atoms with Gasteiger partial charge in [-0.2, -0.15) is 0 Å². The van der Waals surface area contributed by atoms with Gasteiger partial charge in [-0.1, -0.05) is 39.5 Å². The summed E-state index contributed by atoms with van der Waals surface area (Å²) in [5, 5.41) is 8.57. The second kappa shape index (κ2) is 9.97. The number of hydrogen-bond donors (Lipinski definition) is 1. The molecule has 0 radical (unpaired) electrons. The summed E-state index contributed by atoms with van der Waals surface area (Å²) >= 11 is 0. The Labute approximate surface area is 93.5 Å². The van der Waals surface area contributed by atoms with Crippen molar-refractivity contribution in [2.24, 2.45) is 0 Å². The highest BCUT2D eigenvalue weighted by molar-refractivity contribution is 5.66. The molecule has 0 saturated carbocycles. The Hall–Kier alpha value is -0.570. The number of rotatable bonds is 10. The predicted octanol–water partition coefficient (Wildman–Crippen LogP) is 2.75. The third kappa shape index (κ3) is 9.73. The molecule has 90 valence electrons. The summed E-state index contributed by atoms with van der Waals surface area (Å²) in [6.07, 6.45) is 6.65. The van der Waals surface area contributed by atoms with Crippen LogP contribution in [0, 0.1) is 0 Å². The van der Waals surface area contributed by atoms with Gasteiger partial charge in [0, 0.05) is 6.54 Å². The van der Waals surface area contributed by atoms with Crippen LogP contribution in [0.3, 0.4) is 0 Å². The van der Waals surface area contributed by atoms with Crippen LogP contribution < -0.4 is 0 Å². The third-order valence-corrected chi connectivity index (χ3v) is 2.67. The van der Waals surface area contributed by atoms with Gasteiger partial charge >= 0.3 is 5.97 Å². The molecule has 0 aliphatic rings. The van der Waals surface area contributed by atoms with Gasteiger partial charge in [-0.3, -0.25) is 4.79 Å². The highest BCUT2D eigenvalue weighted by atomic mass is 16.4. The summed E-state index contributed by atoms with van der Waals surface area (Å²) in [5.41, 5.74) is 0. The highest BCUT2D eigenvalue weighted by Crippen LogP contribution is 2.04. The van der Waals surface area contributed by atoms with Gasteiger partial charge in [-0.15, -0.1) is 0 Å². The summed E-state index contributed by atoms with van der Waals surface area (Å²) in [6.45, 7) is 7.01. The molecule has 0 aromatic carbocycles. The zero-order valence-corrected chi connectivity index (χ0v) is 10.2. The lowest BCUT2D eigenvalue weighted by atomic mass is 10.1. The Bertz CT molecular complexity index is 160. The average Bonchev–Trinajstić information content (AvgIpc) is 2.22. The van der Waals surface area contributed by atoms with E-state index < -0.39 is 5.97 Å². The van der Waals surface area contributed by atoms with Crippen LogP contribution in [0.4, 0.5) is 0 Å². The normalized spacial score (nSPS) is 10.9. The van der Waals surface area contributed by atoms with Gasteiger partial charge in [0.2, 0.25) is 0 Å². The maximum Gasteiger partial charge on any atom is 0.304 e. The van der Waals surface area contributed by atoms with Crippen LogP contribution in [-0.2, 0) is 4.79 Å². The summed E-state index contributed by atoms with van der Waals surface area (Å²) < 4.78 is 0. The quantitative estimate of drug-likeness (QED) is 0.570. The lowest BCUT2D eigenvalue weighted by Gasteiger charge is -2.18. The molecule has 0 saturated heterocycles. The van der Waals surface area contributed by atoms with E-state index in [9.17, 15) is 4.79 Å². The Morgan fingerprint density at radius 2 is 1.73 bits per heavy atom. The lowest BCUT2D eigenvalue weighted by Crippen LogP contribution is -2.27. The van der Waals surface area contributed by atoms with Gasteiger partial charge in [0.15, 0.2) is 0 Å². The summed E-state index contributed by atoms with van der Waals surface area (Å²) in [6, 6.07) is 0. The van der Waals surface area contributed by atoms with Gasteiger partial charge in [0.05, 0.1) is 6.42 Å². The van der Waals surface area contributed by atoms with Crippen LogP contribution >= 0.6 is 0 Å². The van der Waals surface area contributed by atoms with E-state index in [4.69, 9.17) is 5.11 Å². The summed E-state index contributed by atoms with van der Waals surface area (Å²) in [4.78, 5) is 12.6. The Balaban J connectivity index is 3.40. The SMILES string of the molecule is CCCCCCCN(CC)CCC(=O)O. The number of nitrogens with zero attached hydrogens (tertiary/aromatic N) is 1. The first-order valence-corrected chi connectivity index (χ1v) is 6.14. The fourth-order valence-corrected chi connectivity index (χ4v) is 1.62. The van der Waals surface area contributed by atoms with E-state index in [0.717, 1.165) is 13.1 Å². The van der Waals surface area contributed by atoms with E-state index in [1.165, 1.54) is 32.1 Å². The molecule has 0 aromatic rings. The smallest absolute Gasteiger partial charge is 0.304 e. The first-order chi connectivity index (χ1) is 7.20. The zero-order valence-electron chi connectivity index (χ0n) is 10.2. The fraction of sp³-hybridized carbons (Fsp3) is 0.917. The van der Waals surface area contributed by atoms with Gasteiger partial charge in [0.1, 0.15) is 0 Å². The van der Waals surface area contributed by atoms with Crippen molar-refractivity contribution >= 4 is 5.97 Å². The van der Waals surface area contributed by atoms with Crippen LogP contribution in [0.15, 0.2) is 0 Å². The minimum absolute atomic E-state index is 0.267. The second-order valence-electron chi connectivity index (χ2n) is 3.99. The third-order valence-electron chi connectivity index (χ3n) is 2.67. The number of carboxylic acid groups (broad SMARTS) is 1. The molecule has 0 aliphatic heterocycles. The standard InChI is InChI=1S/C12H25NO2/c1-3-5-6-7-8-10-13(4-2)11-9-12(14)15/h3-11H2,1-2H3,(H,14,15). The minimum atomic E-state index is -0.695. The Morgan fingerprint density at radius 3 is 2.27 bits per heavy atom. The molecule has 0 fully saturated rings. The number of aliphatic carboxylic acids is 1. The molecule has 0 aliphatic carbocycles. The highest BCUT2D eigenvalue weighted by Gasteiger charge is 2.04. The molecule has 0 atom stereocenters. The average molecular weight is 215 g/mol. The molecule has 1 N–H and O–H groups in total. The topological polar surface area (TPSA) is 40.5 Å². The van der Waals surface area contributed by atoms with Crippen LogP contribution in [0.25, 0.3) is 0 Å². The molecule has 0 bridgehead atoms. The summed E-state index contributed by atoms with van der Waals surface area (Å²) in [7, 11) is 0. The van der Waals surface area contributed by atoms with Gasteiger partial charge < -0.3 is 10.0 Å². The van der Waals surface area contributed by atoms with Crippen LogP contribution in [0.5, 0.6) is 0 Å². The first-order valence-electron chi connectivity index (χ1n) is 6.14. The number of hydrogen-bond acceptors (Lipinski definition) is 2. The number of carbonyl (C=O) groups is 1. The van der Waals surface area contributed by atoms with Crippen molar-refractivity contribution in [2.75, 3.05) is 19.6 Å².